The summed E-state index contributed by atoms with van der Waals surface area (Å²) in [6, 6.07) is 5.11. The second kappa shape index (κ2) is 6.92. The van der Waals surface area contributed by atoms with Crippen molar-refractivity contribution in [2.75, 3.05) is 20.2 Å². The number of nitrogens with zero attached hydrogens (tertiary/aromatic N) is 3. The summed E-state index contributed by atoms with van der Waals surface area (Å²) in [7, 11) is 1.37. The smallest absolute Gasteiger partial charge is 0.310 e. The predicted octanol–water partition coefficient (Wildman–Crippen LogP) is 1.92. The number of aromatic nitrogens is 1. The Hall–Kier alpha value is -2.48. The molecule has 3 heterocycles. The highest BCUT2D eigenvalue weighted by Gasteiger charge is 2.49. The molecular formula is C19H21N3O4S. The molecule has 2 amide bonds. The van der Waals surface area contributed by atoms with Gasteiger partial charge in [-0.3, -0.25) is 14.4 Å². The van der Waals surface area contributed by atoms with Crippen molar-refractivity contribution in [1.29, 1.82) is 0 Å². The van der Waals surface area contributed by atoms with E-state index in [9.17, 15) is 14.4 Å². The van der Waals surface area contributed by atoms with Gasteiger partial charge in [0.1, 0.15) is 6.54 Å². The Morgan fingerprint density at radius 1 is 1.37 bits per heavy atom. The molecule has 1 aromatic heterocycles. The van der Waals surface area contributed by atoms with Crippen molar-refractivity contribution in [3.8, 4) is 0 Å². The van der Waals surface area contributed by atoms with Crippen LogP contribution in [-0.2, 0) is 14.3 Å². The standard InChI is InChI=1S/C19H21N3O4S/c1-3-15-13(19(25)26-2)7-12-8-21(9-17(23)22(12)15)18(24)11-4-5-14-16(6-11)27-10-20-14/h4-6,10,12-13,15H,3,7-9H2,1-2H3/t12-,13-,15-/m0/s1. The van der Waals surface area contributed by atoms with Crippen molar-refractivity contribution in [3.63, 3.8) is 0 Å². The summed E-state index contributed by atoms with van der Waals surface area (Å²) in [5.74, 6) is -0.861. The molecular weight excluding hydrogens is 366 g/mol. The molecule has 2 aliphatic rings. The van der Waals surface area contributed by atoms with E-state index in [0.717, 1.165) is 10.2 Å². The fourth-order valence-corrected chi connectivity index (χ4v) is 5.07. The zero-order valence-corrected chi connectivity index (χ0v) is 16.1. The average molecular weight is 387 g/mol. The third kappa shape index (κ3) is 2.97. The minimum atomic E-state index is -0.322. The first-order valence-corrected chi connectivity index (χ1v) is 9.93. The first-order chi connectivity index (χ1) is 13.0. The first-order valence-electron chi connectivity index (χ1n) is 9.05. The molecule has 2 saturated heterocycles. The number of carbonyl (C=O) groups excluding carboxylic acids is 3. The summed E-state index contributed by atoms with van der Waals surface area (Å²) < 4.78 is 5.87. The number of methoxy groups -OCH3 is 1. The molecule has 8 heteroatoms. The number of esters is 1. The van der Waals surface area contributed by atoms with Gasteiger partial charge in [-0.25, -0.2) is 4.98 Å². The average Bonchev–Trinajstić information content (AvgIpc) is 3.30. The Labute approximate surface area is 160 Å². The summed E-state index contributed by atoms with van der Waals surface area (Å²) in [6.45, 7) is 2.45. The monoisotopic (exact) mass is 387 g/mol. The largest absolute Gasteiger partial charge is 0.469 e. The van der Waals surface area contributed by atoms with E-state index in [1.54, 1.807) is 21.4 Å². The number of carbonyl (C=O) groups is 3. The number of ether oxygens (including phenoxy) is 1. The van der Waals surface area contributed by atoms with E-state index in [1.807, 2.05) is 19.1 Å². The fourth-order valence-electron chi connectivity index (χ4n) is 4.35. The lowest BCUT2D eigenvalue weighted by atomic mass is 9.97. The van der Waals surface area contributed by atoms with E-state index < -0.39 is 0 Å². The molecule has 0 radical (unpaired) electrons. The van der Waals surface area contributed by atoms with Crippen molar-refractivity contribution in [1.82, 2.24) is 14.8 Å². The Kier molecular flexibility index (Phi) is 4.59. The Balaban J connectivity index is 1.56. The van der Waals surface area contributed by atoms with Gasteiger partial charge in [-0.05, 0) is 31.0 Å². The summed E-state index contributed by atoms with van der Waals surface area (Å²) in [5.41, 5.74) is 3.17. The molecule has 27 heavy (non-hydrogen) atoms. The van der Waals surface area contributed by atoms with Crippen LogP contribution in [0, 0.1) is 5.92 Å². The molecule has 2 fully saturated rings. The van der Waals surface area contributed by atoms with Crippen LogP contribution in [-0.4, -0.2) is 64.9 Å². The van der Waals surface area contributed by atoms with Crippen molar-refractivity contribution in [2.45, 2.75) is 31.8 Å². The summed E-state index contributed by atoms with van der Waals surface area (Å²) in [6.07, 6.45) is 1.23. The normalized spacial score (nSPS) is 25.0. The molecule has 0 saturated carbocycles. The van der Waals surface area contributed by atoms with Crippen LogP contribution < -0.4 is 0 Å². The van der Waals surface area contributed by atoms with Gasteiger partial charge < -0.3 is 14.5 Å². The SMILES string of the molecule is CC[C@H]1[C@@H](C(=O)OC)C[C@H]2CN(C(=O)c3ccc4ncsc4c3)CC(=O)N21. The van der Waals surface area contributed by atoms with Gasteiger partial charge in [-0.15, -0.1) is 11.3 Å². The number of fused-ring (bicyclic) bond motifs is 2. The van der Waals surface area contributed by atoms with Crippen molar-refractivity contribution in [2.24, 2.45) is 5.92 Å². The highest BCUT2D eigenvalue weighted by molar-refractivity contribution is 7.16. The van der Waals surface area contributed by atoms with E-state index in [2.05, 4.69) is 4.98 Å². The highest BCUT2D eigenvalue weighted by atomic mass is 32.1. The van der Waals surface area contributed by atoms with Crippen molar-refractivity contribution in [3.05, 3.63) is 29.3 Å². The maximum Gasteiger partial charge on any atom is 0.310 e. The van der Waals surface area contributed by atoms with E-state index in [4.69, 9.17) is 4.74 Å². The number of piperazine rings is 1. The maximum atomic E-state index is 13.0. The van der Waals surface area contributed by atoms with Gasteiger partial charge in [0.2, 0.25) is 5.91 Å². The van der Waals surface area contributed by atoms with Crippen molar-refractivity contribution < 1.29 is 19.1 Å². The van der Waals surface area contributed by atoms with Crippen LogP contribution in [0.25, 0.3) is 10.2 Å². The second-order valence-corrected chi connectivity index (χ2v) is 7.90. The molecule has 0 N–H and O–H groups in total. The number of amides is 2. The Bertz CT molecular complexity index is 911. The third-order valence-electron chi connectivity index (χ3n) is 5.57. The minimum absolute atomic E-state index is 0.0421. The zero-order valence-electron chi connectivity index (χ0n) is 15.3. The van der Waals surface area contributed by atoms with Crippen LogP contribution in [0.4, 0.5) is 0 Å². The lowest BCUT2D eigenvalue weighted by Crippen LogP contribution is -2.57. The van der Waals surface area contributed by atoms with Crippen LogP contribution in [0.2, 0.25) is 0 Å². The van der Waals surface area contributed by atoms with Gasteiger partial charge in [0.05, 0.1) is 34.8 Å². The van der Waals surface area contributed by atoms with Gasteiger partial charge >= 0.3 is 5.97 Å². The summed E-state index contributed by atoms with van der Waals surface area (Å²) in [4.78, 5) is 45.5. The predicted molar refractivity (Wildman–Crippen MR) is 100 cm³/mol. The van der Waals surface area contributed by atoms with E-state index >= 15 is 0 Å². The molecule has 0 bridgehead atoms. The number of hydrogen-bond acceptors (Lipinski definition) is 6. The molecule has 2 aromatic rings. The first kappa shape index (κ1) is 17.9. The lowest BCUT2D eigenvalue weighted by Gasteiger charge is -2.39. The molecule has 0 aliphatic carbocycles. The van der Waals surface area contributed by atoms with E-state index in [-0.39, 0.29) is 42.3 Å². The second-order valence-electron chi connectivity index (χ2n) is 7.02. The van der Waals surface area contributed by atoms with E-state index in [0.29, 0.717) is 24.9 Å². The van der Waals surface area contributed by atoms with Crippen LogP contribution in [0.15, 0.2) is 23.7 Å². The Morgan fingerprint density at radius 2 is 2.19 bits per heavy atom. The summed E-state index contributed by atoms with van der Waals surface area (Å²) in [5, 5.41) is 0. The molecule has 1 aromatic carbocycles. The van der Waals surface area contributed by atoms with Crippen LogP contribution in [0.3, 0.4) is 0 Å². The molecule has 4 rings (SSSR count). The van der Waals surface area contributed by atoms with Gasteiger partial charge in [-0.2, -0.15) is 0 Å². The number of hydrogen-bond donors (Lipinski definition) is 0. The number of rotatable bonds is 3. The highest BCUT2D eigenvalue weighted by Crippen LogP contribution is 2.36. The van der Waals surface area contributed by atoms with Crippen LogP contribution in [0.5, 0.6) is 0 Å². The molecule has 0 spiro atoms. The van der Waals surface area contributed by atoms with E-state index in [1.165, 1.54) is 18.4 Å². The van der Waals surface area contributed by atoms with Gasteiger partial charge in [-0.1, -0.05) is 6.92 Å². The zero-order chi connectivity index (χ0) is 19.1. The van der Waals surface area contributed by atoms with Crippen molar-refractivity contribution >= 4 is 39.3 Å². The minimum Gasteiger partial charge on any atom is -0.469 e. The van der Waals surface area contributed by atoms with Crippen LogP contribution in [0.1, 0.15) is 30.1 Å². The maximum absolute atomic E-state index is 13.0. The quantitative estimate of drug-likeness (QED) is 0.752. The van der Waals surface area contributed by atoms with Gasteiger partial charge in [0.15, 0.2) is 0 Å². The molecule has 142 valence electrons. The third-order valence-corrected chi connectivity index (χ3v) is 6.37. The van der Waals surface area contributed by atoms with Gasteiger partial charge in [0.25, 0.3) is 5.91 Å². The molecule has 3 atom stereocenters. The Morgan fingerprint density at radius 3 is 2.93 bits per heavy atom. The number of thiazole rings is 1. The topological polar surface area (TPSA) is 79.8 Å². The fraction of sp³-hybridized carbons (Fsp3) is 0.474. The van der Waals surface area contributed by atoms with Gasteiger partial charge in [0, 0.05) is 18.2 Å². The molecule has 0 unspecified atom stereocenters. The molecule has 2 aliphatic heterocycles. The lowest BCUT2D eigenvalue weighted by molar-refractivity contribution is -0.147. The number of benzene rings is 1. The van der Waals surface area contributed by atoms with Crippen LogP contribution >= 0.6 is 11.3 Å². The molecule has 7 nitrogen and oxygen atoms in total. The summed E-state index contributed by atoms with van der Waals surface area (Å²) >= 11 is 1.48.